The molecule has 0 bridgehead atoms. The molecular weight excluding hydrogens is 338 g/mol. The van der Waals surface area contributed by atoms with Gasteiger partial charge in [0.2, 0.25) is 0 Å². The molecule has 0 aliphatic heterocycles. The average Bonchev–Trinajstić information content (AvgIpc) is 2.69. The highest BCUT2D eigenvalue weighted by atomic mass is 16.3. The Bertz CT molecular complexity index is 635. The van der Waals surface area contributed by atoms with Crippen LogP contribution >= 0.6 is 0 Å². The fourth-order valence-corrected chi connectivity index (χ4v) is 2.91. The van der Waals surface area contributed by atoms with E-state index in [4.69, 9.17) is 0 Å². The molecule has 0 atom stereocenters. The first-order valence-corrected chi connectivity index (χ1v) is 9.97. The molecule has 148 valence electrons. The van der Waals surface area contributed by atoms with E-state index < -0.39 is 0 Å². The van der Waals surface area contributed by atoms with Gasteiger partial charge in [-0.15, -0.1) is 0 Å². The number of para-hydroxylation sites is 1. The zero-order chi connectivity index (χ0) is 19.2. The number of benzene rings is 2. The van der Waals surface area contributed by atoms with E-state index in [1.54, 1.807) is 6.07 Å². The minimum absolute atomic E-state index is 0.0445. The number of rotatable bonds is 14. The molecule has 2 aromatic carbocycles. The minimum atomic E-state index is -0.0614. The molecule has 0 aliphatic rings. The number of anilines is 1. The first-order valence-electron chi connectivity index (χ1n) is 9.97. The number of unbranched alkanes of at least 4 members (excludes halogenated alkanes) is 3. The van der Waals surface area contributed by atoms with E-state index in [1.807, 2.05) is 24.3 Å². The topological polar surface area (TPSA) is 76.5 Å². The zero-order valence-corrected chi connectivity index (χ0v) is 16.1. The summed E-state index contributed by atoms with van der Waals surface area (Å²) in [4.78, 5) is 0. The summed E-state index contributed by atoms with van der Waals surface area (Å²) in [5, 5.41) is 29.1. The lowest BCUT2D eigenvalue weighted by molar-refractivity contribution is 0.403. The van der Waals surface area contributed by atoms with Crippen molar-refractivity contribution >= 4 is 5.69 Å². The van der Waals surface area contributed by atoms with Crippen molar-refractivity contribution in [2.75, 3.05) is 38.0 Å². The molecule has 0 fully saturated rings. The second-order valence-corrected chi connectivity index (χ2v) is 6.78. The molecule has 5 N–H and O–H groups in total. The fourth-order valence-electron chi connectivity index (χ4n) is 2.91. The molecule has 0 amide bonds. The molecule has 0 heterocycles. The van der Waals surface area contributed by atoms with E-state index in [1.165, 1.54) is 37.4 Å². The van der Waals surface area contributed by atoms with Crippen molar-refractivity contribution < 1.29 is 10.2 Å². The number of hydrogen-bond donors (Lipinski definition) is 5. The molecule has 5 heteroatoms. The molecule has 27 heavy (non-hydrogen) atoms. The van der Waals surface area contributed by atoms with Crippen LogP contribution in [0.5, 0.6) is 11.5 Å². The molecule has 0 saturated heterocycles. The van der Waals surface area contributed by atoms with Gasteiger partial charge in [0.25, 0.3) is 0 Å². The third-order valence-corrected chi connectivity index (χ3v) is 4.49. The Morgan fingerprint density at radius 3 is 2.04 bits per heavy atom. The van der Waals surface area contributed by atoms with Gasteiger partial charge in [-0.2, -0.15) is 0 Å². The van der Waals surface area contributed by atoms with Crippen LogP contribution in [0.25, 0.3) is 0 Å². The van der Waals surface area contributed by atoms with Gasteiger partial charge in [-0.3, -0.25) is 0 Å². The fraction of sp³-hybridized carbons (Fsp3) is 0.455. The summed E-state index contributed by atoms with van der Waals surface area (Å²) in [6, 6.07) is 15.3. The molecule has 0 radical (unpaired) electrons. The van der Waals surface area contributed by atoms with Crippen molar-refractivity contribution in [1.82, 2.24) is 10.6 Å². The second kappa shape index (κ2) is 13.0. The van der Waals surface area contributed by atoms with Crippen LogP contribution in [0.3, 0.4) is 0 Å². The second-order valence-electron chi connectivity index (χ2n) is 6.78. The summed E-state index contributed by atoms with van der Waals surface area (Å²) in [7, 11) is 0. The number of hydrogen-bond acceptors (Lipinski definition) is 5. The Morgan fingerprint density at radius 2 is 1.33 bits per heavy atom. The third kappa shape index (κ3) is 9.31. The van der Waals surface area contributed by atoms with Crippen LogP contribution in [-0.4, -0.2) is 42.9 Å². The molecule has 5 nitrogen and oxygen atoms in total. The van der Waals surface area contributed by atoms with Crippen molar-refractivity contribution in [3.05, 3.63) is 54.1 Å². The number of nitrogens with one attached hydrogen (secondary N) is 3. The summed E-state index contributed by atoms with van der Waals surface area (Å²) in [5.74, 6) is -0.106. The lowest BCUT2D eigenvalue weighted by atomic mass is 10.1. The maximum absolute atomic E-state index is 9.46. The highest BCUT2D eigenvalue weighted by Gasteiger charge is 2.00. The number of phenols is 2. The molecular formula is C22H33N3O2. The van der Waals surface area contributed by atoms with Gasteiger partial charge in [-0.1, -0.05) is 37.1 Å². The molecule has 0 spiro atoms. The predicted molar refractivity (Wildman–Crippen MR) is 113 cm³/mol. The lowest BCUT2D eigenvalue weighted by Crippen LogP contribution is -2.23. The molecule has 0 unspecified atom stereocenters. The maximum atomic E-state index is 9.46. The first kappa shape index (κ1) is 21.1. The monoisotopic (exact) mass is 371 g/mol. The van der Waals surface area contributed by atoms with Gasteiger partial charge >= 0.3 is 0 Å². The highest BCUT2D eigenvalue weighted by Crippen LogP contribution is 2.24. The summed E-state index contributed by atoms with van der Waals surface area (Å²) in [5.41, 5.74) is 2.21. The van der Waals surface area contributed by atoms with Crippen molar-refractivity contribution in [1.29, 1.82) is 0 Å². The van der Waals surface area contributed by atoms with Crippen molar-refractivity contribution in [2.24, 2.45) is 0 Å². The SMILES string of the molecule is Oc1ccc(CCNCCCCCCNCCNc2ccccc2)cc1O. The maximum Gasteiger partial charge on any atom is 0.157 e. The molecule has 0 aliphatic carbocycles. The van der Waals surface area contributed by atoms with Crippen LogP contribution < -0.4 is 16.0 Å². The Hall–Kier alpha value is -2.24. The van der Waals surface area contributed by atoms with Crippen molar-refractivity contribution in [3.63, 3.8) is 0 Å². The van der Waals surface area contributed by atoms with Crippen molar-refractivity contribution in [2.45, 2.75) is 32.1 Å². The Morgan fingerprint density at radius 1 is 0.630 bits per heavy atom. The summed E-state index contributed by atoms with van der Waals surface area (Å²) in [6.07, 6.45) is 5.77. The highest BCUT2D eigenvalue weighted by molar-refractivity contribution is 5.42. The van der Waals surface area contributed by atoms with E-state index in [0.29, 0.717) is 0 Å². The van der Waals surface area contributed by atoms with E-state index in [0.717, 1.165) is 44.7 Å². The van der Waals surface area contributed by atoms with Gasteiger partial charge in [-0.05, 0) is 68.7 Å². The Kier molecular flexibility index (Phi) is 10.1. The van der Waals surface area contributed by atoms with E-state index in [9.17, 15) is 10.2 Å². The predicted octanol–water partition coefficient (Wildman–Crippen LogP) is 3.49. The van der Waals surface area contributed by atoms with Crippen LogP contribution in [-0.2, 0) is 6.42 Å². The van der Waals surface area contributed by atoms with Gasteiger partial charge in [0.15, 0.2) is 11.5 Å². The summed E-state index contributed by atoms with van der Waals surface area (Å²) >= 11 is 0. The van der Waals surface area contributed by atoms with Gasteiger partial charge in [-0.25, -0.2) is 0 Å². The number of phenolic OH excluding ortho intramolecular Hbond substituents is 2. The first-order chi connectivity index (χ1) is 13.3. The lowest BCUT2D eigenvalue weighted by Gasteiger charge is -2.08. The minimum Gasteiger partial charge on any atom is -0.504 e. The van der Waals surface area contributed by atoms with Crippen molar-refractivity contribution in [3.8, 4) is 11.5 Å². The van der Waals surface area contributed by atoms with Gasteiger partial charge in [0.05, 0.1) is 0 Å². The molecule has 2 aromatic rings. The van der Waals surface area contributed by atoms with Crippen LogP contribution in [0.4, 0.5) is 5.69 Å². The van der Waals surface area contributed by atoms with E-state index in [-0.39, 0.29) is 11.5 Å². The van der Waals surface area contributed by atoms with Crippen LogP contribution in [0.2, 0.25) is 0 Å². The van der Waals surface area contributed by atoms with Crippen LogP contribution in [0.15, 0.2) is 48.5 Å². The standard InChI is InChI=1S/C22H33N3O2/c26-21-11-10-19(18-22(21)27)12-15-23-13-6-1-2-7-14-24-16-17-25-20-8-4-3-5-9-20/h3-5,8-11,18,23-27H,1-2,6-7,12-17H2. The summed E-state index contributed by atoms with van der Waals surface area (Å²) in [6.45, 7) is 4.93. The quantitative estimate of drug-likeness (QED) is 0.260. The Labute approximate surface area is 162 Å². The molecule has 0 saturated carbocycles. The van der Waals surface area contributed by atoms with E-state index >= 15 is 0 Å². The smallest absolute Gasteiger partial charge is 0.157 e. The largest absolute Gasteiger partial charge is 0.504 e. The number of aromatic hydroxyl groups is 2. The van der Waals surface area contributed by atoms with Gasteiger partial charge in [0.1, 0.15) is 0 Å². The molecule has 0 aromatic heterocycles. The van der Waals surface area contributed by atoms with Crippen LogP contribution in [0, 0.1) is 0 Å². The molecule has 2 rings (SSSR count). The van der Waals surface area contributed by atoms with Crippen LogP contribution in [0.1, 0.15) is 31.2 Å². The van der Waals surface area contributed by atoms with E-state index in [2.05, 4.69) is 28.1 Å². The summed E-state index contributed by atoms with van der Waals surface area (Å²) < 4.78 is 0. The van der Waals surface area contributed by atoms with Gasteiger partial charge < -0.3 is 26.2 Å². The normalized spacial score (nSPS) is 10.8. The average molecular weight is 372 g/mol. The third-order valence-electron chi connectivity index (χ3n) is 4.49. The zero-order valence-electron chi connectivity index (χ0n) is 16.1. The Balaban J connectivity index is 1.34. The van der Waals surface area contributed by atoms with Gasteiger partial charge in [0, 0.05) is 18.8 Å².